The van der Waals surface area contributed by atoms with Crippen LogP contribution in [0.15, 0.2) is 28.3 Å². The maximum atomic E-state index is 12.6. The van der Waals surface area contributed by atoms with Crippen LogP contribution in [0.25, 0.3) is 0 Å². The van der Waals surface area contributed by atoms with E-state index in [9.17, 15) is 13.2 Å². The molecule has 0 aromatic carbocycles. The largest absolute Gasteiger partial charge is 0.335 e. The van der Waals surface area contributed by atoms with E-state index in [-0.39, 0.29) is 16.1 Å². The minimum atomic E-state index is -3.48. The number of piperazine rings is 1. The minimum absolute atomic E-state index is 0.144. The van der Waals surface area contributed by atoms with E-state index in [0.29, 0.717) is 23.9 Å². The lowest BCUT2D eigenvalue weighted by Gasteiger charge is -2.29. The summed E-state index contributed by atoms with van der Waals surface area (Å²) < 4.78 is 26.8. The van der Waals surface area contributed by atoms with Crippen molar-refractivity contribution in [3.8, 4) is 0 Å². The Hall–Kier alpha value is -0.960. The Kier molecular flexibility index (Phi) is 6.06. The maximum absolute atomic E-state index is 12.6. The van der Waals surface area contributed by atoms with Gasteiger partial charge >= 0.3 is 0 Å². The fourth-order valence-corrected chi connectivity index (χ4v) is 4.61. The molecule has 0 bridgehead atoms. The molecular weight excluding hydrogens is 346 g/mol. The summed E-state index contributed by atoms with van der Waals surface area (Å²) in [5, 5.41) is 0.661. The Bertz CT molecular complexity index is 674. The highest BCUT2D eigenvalue weighted by Crippen LogP contribution is 2.23. The quantitative estimate of drug-likeness (QED) is 0.753. The number of pyridine rings is 1. The summed E-state index contributed by atoms with van der Waals surface area (Å²) in [5.41, 5.74) is -0.375. The molecule has 0 radical (unpaired) electrons. The summed E-state index contributed by atoms with van der Waals surface area (Å²) in [6.45, 7) is 8.35. The van der Waals surface area contributed by atoms with Crippen LogP contribution in [0.2, 0.25) is 0 Å². The van der Waals surface area contributed by atoms with Gasteiger partial charge in [0.2, 0.25) is 10.0 Å². The molecule has 1 aliphatic heterocycles. The minimum Gasteiger partial charge on any atom is -0.335 e. The number of carbonyl (C=O) groups is 1. The fourth-order valence-electron chi connectivity index (χ4n) is 2.22. The Balaban J connectivity index is 2.02. The lowest BCUT2D eigenvalue weighted by molar-refractivity contribution is -0.883. The molecule has 24 heavy (non-hydrogen) atoms. The molecule has 134 valence electrons. The number of hydrogen-bond acceptors (Lipinski definition) is 5. The number of ketones is 1. The van der Waals surface area contributed by atoms with Crippen LogP contribution in [0.3, 0.4) is 0 Å². The van der Waals surface area contributed by atoms with Crippen molar-refractivity contribution in [1.29, 1.82) is 0 Å². The van der Waals surface area contributed by atoms with E-state index in [1.54, 1.807) is 12.1 Å². The molecule has 0 aliphatic carbocycles. The smallest absolute Gasteiger partial charge is 0.245 e. The molecule has 1 aromatic heterocycles. The van der Waals surface area contributed by atoms with E-state index in [2.05, 4.69) is 12.0 Å². The predicted octanol–water partition coefficient (Wildman–Crippen LogP) is 0.308. The van der Waals surface area contributed by atoms with E-state index in [1.807, 2.05) is 20.8 Å². The molecule has 0 unspecified atom stereocenters. The number of quaternary nitrogens is 1. The van der Waals surface area contributed by atoms with Crippen LogP contribution < -0.4 is 4.90 Å². The second-order valence-corrected chi connectivity index (χ2v) is 10.1. The first kappa shape index (κ1) is 19.4. The normalized spacial score (nSPS) is 17.8. The highest BCUT2D eigenvalue weighted by Gasteiger charge is 2.29. The molecule has 0 saturated carbocycles. The molecule has 1 N–H and O–H groups in total. The summed E-state index contributed by atoms with van der Waals surface area (Å²) in [5.74, 6) is 0.482. The molecule has 6 nitrogen and oxygen atoms in total. The standard InChI is InChI=1S/C16H25N3O3S2/c1-16(2,3)14(20)12-23-15-6-5-13(11-17-15)24(21,22)19-9-7-18(4)8-10-19/h5-6,11H,7-10,12H2,1-4H3/p+1. The number of sulfonamides is 1. The molecule has 2 rings (SSSR count). The molecule has 0 atom stereocenters. The van der Waals surface area contributed by atoms with Crippen LogP contribution in [0.1, 0.15) is 20.8 Å². The van der Waals surface area contributed by atoms with E-state index < -0.39 is 10.0 Å². The topological polar surface area (TPSA) is 71.8 Å². The molecular formula is C16H26N3O3S2+. The summed E-state index contributed by atoms with van der Waals surface area (Å²) in [6, 6.07) is 3.26. The van der Waals surface area contributed by atoms with Crippen LogP contribution >= 0.6 is 11.8 Å². The van der Waals surface area contributed by atoms with Crippen molar-refractivity contribution in [3.05, 3.63) is 18.3 Å². The first-order valence-corrected chi connectivity index (χ1v) is 10.5. The van der Waals surface area contributed by atoms with Gasteiger partial charge in [-0.3, -0.25) is 4.79 Å². The number of rotatable bonds is 5. The third kappa shape index (κ3) is 4.78. The highest BCUT2D eigenvalue weighted by molar-refractivity contribution is 7.99. The zero-order valence-corrected chi connectivity index (χ0v) is 16.3. The molecule has 0 amide bonds. The average molecular weight is 373 g/mol. The van der Waals surface area contributed by atoms with Gasteiger partial charge in [-0.15, -0.1) is 0 Å². The average Bonchev–Trinajstić information content (AvgIpc) is 2.52. The van der Waals surface area contributed by atoms with Crippen LogP contribution in [-0.2, 0) is 14.8 Å². The predicted molar refractivity (Wildman–Crippen MR) is 94.8 cm³/mol. The first-order valence-electron chi connectivity index (χ1n) is 8.04. The molecule has 2 heterocycles. The van der Waals surface area contributed by atoms with Gasteiger partial charge in [-0.25, -0.2) is 13.4 Å². The van der Waals surface area contributed by atoms with Crippen molar-refractivity contribution in [2.45, 2.75) is 30.7 Å². The van der Waals surface area contributed by atoms with Crippen molar-refractivity contribution < 1.29 is 18.1 Å². The third-order valence-corrected chi connectivity index (χ3v) is 6.94. The SMILES string of the molecule is C[NH+]1CCN(S(=O)(=O)c2ccc(SCC(=O)C(C)(C)C)nc2)CC1. The third-order valence-electron chi connectivity index (χ3n) is 4.11. The summed E-state index contributed by atoms with van der Waals surface area (Å²) in [7, 11) is -1.41. The van der Waals surface area contributed by atoms with Gasteiger partial charge in [0.15, 0.2) is 0 Å². The summed E-state index contributed by atoms with van der Waals surface area (Å²) >= 11 is 1.34. The summed E-state index contributed by atoms with van der Waals surface area (Å²) in [4.78, 5) is 17.7. The Labute approximate surface area is 148 Å². The van der Waals surface area contributed by atoms with Crippen LogP contribution in [0, 0.1) is 5.41 Å². The number of thioether (sulfide) groups is 1. The van der Waals surface area contributed by atoms with E-state index in [0.717, 1.165) is 13.1 Å². The molecule has 1 fully saturated rings. The van der Waals surface area contributed by atoms with Crippen molar-refractivity contribution in [2.24, 2.45) is 5.41 Å². The maximum Gasteiger partial charge on any atom is 0.245 e. The number of nitrogens with one attached hydrogen (secondary N) is 1. The van der Waals surface area contributed by atoms with Crippen LogP contribution in [0.5, 0.6) is 0 Å². The van der Waals surface area contributed by atoms with Gasteiger partial charge in [-0.2, -0.15) is 4.31 Å². The molecule has 1 aromatic rings. The Morgan fingerprint density at radius 3 is 2.42 bits per heavy atom. The lowest BCUT2D eigenvalue weighted by atomic mass is 9.92. The Morgan fingerprint density at radius 1 is 1.29 bits per heavy atom. The number of carbonyl (C=O) groups excluding carboxylic acids is 1. The van der Waals surface area contributed by atoms with Gasteiger partial charge < -0.3 is 4.90 Å². The second-order valence-electron chi connectivity index (χ2n) is 7.16. The summed E-state index contributed by atoms with van der Waals surface area (Å²) in [6.07, 6.45) is 1.39. The molecule has 0 spiro atoms. The van der Waals surface area contributed by atoms with Gasteiger partial charge in [-0.1, -0.05) is 32.5 Å². The highest BCUT2D eigenvalue weighted by atomic mass is 32.2. The van der Waals surface area contributed by atoms with Gasteiger partial charge in [0.25, 0.3) is 0 Å². The van der Waals surface area contributed by atoms with Gasteiger partial charge in [0, 0.05) is 11.6 Å². The number of likely N-dealkylation sites (N-methyl/N-ethyl adjacent to an activating group) is 1. The zero-order valence-electron chi connectivity index (χ0n) is 14.7. The fraction of sp³-hybridized carbons (Fsp3) is 0.625. The van der Waals surface area contributed by atoms with Gasteiger partial charge in [0.1, 0.15) is 10.7 Å². The van der Waals surface area contributed by atoms with E-state index in [1.165, 1.54) is 27.2 Å². The van der Waals surface area contributed by atoms with Crippen molar-refractivity contribution in [1.82, 2.24) is 9.29 Å². The lowest BCUT2D eigenvalue weighted by Crippen LogP contribution is -3.12. The molecule has 1 saturated heterocycles. The van der Waals surface area contributed by atoms with Crippen molar-refractivity contribution in [3.63, 3.8) is 0 Å². The number of nitrogens with zero attached hydrogens (tertiary/aromatic N) is 2. The first-order chi connectivity index (χ1) is 11.1. The number of aromatic nitrogens is 1. The molecule has 8 heteroatoms. The molecule has 1 aliphatic rings. The van der Waals surface area contributed by atoms with Crippen LogP contribution in [0.4, 0.5) is 0 Å². The van der Waals surface area contributed by atoms with Crippen molar-refractivity contribution >= 4 is 27.6 Å². The zero-order chi connectivity index (χ0) is 18.0. The van der Waals surface area contributed by atoms with E-state index >= 15 is 0 Å². The second kappa shape index (κ2) is 7.51. The van der Waals surface area contributed by atoms with Gasteiger partial charge in [0.05, 0.1) is 44.0 Å². The number of hydrogen-bond donors (Lipinski definition) is 1. The number of Topliss-reactive ketones (excluding diaryl/α,β-unsaturated/α-hetero) is 1. The monoisotopic (exact) mass is 372 g/mol. The van der Waals surface area contributed by atoms with Gasteiger partial charge in [-0.05, 0) is 12.1 Å². The van der Waals surface area contributed by atoms with Crippen molar-refractivity contribution in [2.75, 3.05) is 39.0 Å². The van der Waals surface area contributed by atoms with E-state index in [4.69, 9.17) is 0 Å². The van der Waals surface area contributed by atoms with Crippen LogP contribution in [-0.4, -0.2) is 62.5 Å². The Morgan fingerprint density at radius 2 is 1.92 bits per heavy atom.